The minimum absolute atomic E-state index is 0.0252. The quantitative estimate of drug-likeness (QED) is 0.863. The van der Waals surface area contributed by atoms with Crippen molar-refractivity contribution in [2.24, 2.45) is 0 Å². The fraction of sp³-hybridized carbons (Fsp3) is 0.538. The molecule has 19 heavy (non-hydrogen) atoms. The Balaban J connectivity index is 1.98. The number of halogens is 1. The molecule has 0 aliphatic carbocycles. The van der Waals surface area contributed by atoms with Gasteiger partial charge in [0.2, 0.25) is 10.0 Å². The highest BCUT2D eigenvalue weighted by atomic mass is 32.2. The van der Waals surface area contributed by atoms with Crippen LogP contribution in [0.3, 0.4) is 0 Å². The molecule has 0 radical (unpaired) electrons. The fourth-order valence-electron chi connectivity index (χ4n) is 2.33. The lowest BCUT2D eigenvalue weighted by Crippen LogP contribution is -2.37. The molecule has 0 aromatic heterocycles. The Kier molecular flexibility index (Phi) is 4.54. The van der Waals surface area contributed by atoms with Crippen LogP contribution >= 0.6 is 0 Å². The smallest absolute Gasteiger partial charge is 0.213 e. The molecular formula is C13H19FN2O2S. The Morgan fingerprint density at radius 3 is 2.95 bits per heavy atom. The van der Waals surface area contributed by atoms with E-state index in [2.05, 4.69) is 10.0 Å². The Hall–Kier alpha value is -0.980. The summed E-state index contributed by atoms with van der Waals surface area (Å²) in [6, 6.07) is 5.58. The van der Waals surface area contributed by atoms with Crippen molar-refractivity contribution >= 4 is 10.0 Å². The van der Waals surface area contributed by atoms with Crippen LogP contribution in [0.25, 0.3) is 0 Å². The molecule has 1 heterocycles. The van der Waals surface area contributed by atoms with Gasteiger partial charge < -0.3 is 5.32 Å². The molecule has 1 aromatic carbocycles. The molecule has 0 amide bonds. The van der Waals surface area contributed by atoms with Gasteiger partial charge in [0.05, 0.1) is 5.75 Å². The molecule has 0 saturated carbocycles. The van der Waals surface area contributed by atoms with Crippen molar-refractivity contribution < 1.29 is 12.8 Å². The molecule has 2 rings (SSSR count). The van der Waals surface area contributed by atoms with Gasteiger partial charge in [-0.3, -0.25) is 0 Å². The molecule has 1 saturated heterocycles. The molecule has 1 aliphatic heterocycles. The van der Waals surface area contributed by atoms with Crippen LogP contribution in [0.5, 0.6) is 0 Å². The molecule has 0 spiro atoms. The fourth-order valence-corrected chi connectivity index (χ4v) is 3.91. The van der Waals surface area contributed by atoms with Crippen molar-refractivity contribution in [3.05, 3.63) is 35.6 Å². The standard InChI is InChI=1S/C13H19FN2O2S/c1-10(11-4-2-5-12(14)8-11)16-19(17,18)9-13-6-3-7-15-13/h2,4-5,8,10,13,15-16H,3,6-7,9H2,1H3. The van der Waals surface area contributed by atoms with E-state index < -0.39 is 16.1 Å². The van der Waals surface area contributed by atoms with Crippen molar-refractivity contribution in [3.63, 3.8) is 0 Å². The van der Waals surface area contributed by atoms with E-state index in [0.717, 1.165) is 19.4 Å². The predicted octanol–water partition coefficient (Wildman–Crippen LogP) is 1.56. The van der Waals surface area contributed by atoms with Crippen molar-refractivity contribution in [1.82, 2.24) is 10.0 Å². The van der Waals surface area contributed by atoms with Gasteiger partial charge in [-0.2, -0.15) is 0 Å². The lowest BCUT2D eigenvalue weighted by atomic mass is 10.1. The Labute approximate surface area is 113 Å². The summed E-state index contributed by atoms with van der Waals surface area (Å²) in [5.74, 6) is -0.284. The summed E-state index contributed by atoms with van der Waals surface area (Å²) in [7, 11) is -3.36. The van der Waals surface area contributed by atoms with Gasteiger partial charge in [-0.05, 0) is 44.0 Å². The minimum atomic E-state index is -3.36. The van der Waals surface area contributed by atoms with Crippen LogP contribution in [0.4, 0.5) is 4.39 Å². The Morgan fingerprint density at radius 1 is 1.53 bits per heavy atom. The first-order valence-electron chi connectivity index (χ1n) is 6.45. The maximum absolute atomic E-state index is 13.1. The molecule has 1 aromatic rings. The highest BCUT2D eigenvalue weighted by Crippen LogP contribution is 2.15. The van der Waals surface area contributed by atoms with Crippen LogP contribution in [0.15, 0.2) is 24.3 Å². The molecule has 106 valence electrons. The van der Waals surface area contributed by atoms with E-state index in [-0.39, 0.29) is 17.6 Å². The van der Waals surface area contributed by atoms with E-state index in [4.69, 9.17) is 0 Å². The lowest BCUT2D eigenvalue weighted by Gasteiger charge is -2.17. The average Bonchev–Trinajstić information content (AvgIpc) is 2.80. The summed E-state index contributed by atoms with van der Waals surface area (Å²) in [4.78, 5) is 0. The maximum Gasteiger partial charge on any atom is 0.213 e. The number of rotatable bonds is 5. The van der Waals surface area contributed by atoms with Gasteiger partial charge in [0.25, 0.3) is 0 Å². The van der Waals surface area contributed by atoms with Crippen molar-refractivity contribution in [2.45, 2.75) is 31.8 Å². The van der Waals surface area contributed by atoms with E-state index in [1.165, 1.54) is 12.1 Å². The Morgan fingerprint density at radius 2 is 2.32 bits per heavy atom. The molecule has 2 N–H and O–H groups in total. The molecule has 2 atom stereocenters. The molecule has 6 heteroatoms. The molecule has 0 bridgehead atoms. The van der Waals surface area contributed by atoms with E-state index in [1.807, 2.05) is 0 Å². The zero-order chi connectivity index (χ0) is 13.9. The minimum Gasteiger partial charge on any atom is -0.313 e. The predicted molar refractivity (Wildman–Crippen MR) is 72.8 cm³/mol. The van der Waals surface area contributed by atoms with Gasteiger partial charge in [-0.1, -0.05) is 12.1 Å². The topological polar surface area (TPSA) is 58.2 Å². The summed E-state index contributed by atoms with van der Waals surface area (Å²) < 4.78 is 39.7. The second kappa shape index (κ2) is 5.98. The average molecular weight is 286 g/mol. The maximum atomic E-state index is 13.1. The van der Waals surface area contributed by atoms with Crippen LogP contribution in [-0.2, 0) is 10.0 Å². The van der Waals surface area contributed by atoms with E-state index in [9.17, 15) is 12.8 Å². The van der Waals surface area contributed by atoms with E-state index in [0.29, 0.717) is 5.56 Å². The monoisotopic (exact) mass is 286 g/mol. The molecule has 4 nitrogen and oxygen atoms in total. The lowest BCUT2D eigenvalue weighted by molar-refractivity contribution is 0.549. The first kappa shape index (κ1) is 14.4. The number of hydrogen-bond donors (Lipinski definition) is 2. The second-order valence-corrected chi connectivity index (χ2v) is 6.77. The number of benzene rings is 1. The first-order valence-corrected chi connectivity index (χ1v) is 8.10. The van der Waals surface area contributed by atoms with Gasteiger partial charge in [0, 0.05) is 12.1 Å². The molecule has 2 unspecified atom stereocenters. The summed E-state index contributed by atoms with van der Waals surface area (Å²) >= 11 is 0. The van der Waals surface area contributed by atoms with E-state index in [1.54, 1.807) is 19.1 Å². The van der Waals surface area contributed by atoms with Crippen LogP contribution in [0.1, 0.15) is 31.4 Å². The zero-order valence-corrected chi connectivity index (χ0v) is 11.7. The first-order chi connectivity index (χ1) is 8.96. The van der Waals surface area contributed by atoms with Gasteiger partial charge in [-0.25, -0.2) is 17.5 Å². The summed E-state index contributed by atoms with van der Waals surface area (Å²) in [5.41, 5.74) is 0.628. The van der Waals surface area contributed by atoms with Gasteiger partial charge >= 0.3 is 0 Å². The summed E-state index contributed by atoms with van der Waals surface area (Å²) in [6.45, 7) is 2.59. The highest BCUT2D eigenvalue weighted by Gasteiger charge is 2.23. The van der Waals surface area contributed by atoms with E-state index >= 15 is 0 Å². The van der Waals surface area contributed by atoms with Crippen LogP contribution in [0, 0.1) is 5.82 Å². The molecule has 1 fully saturated rings. The third-order valence-electron chi connectivity index (χ3n) is 3.29. The SMILES string of the molecule is CC(NS(=O)(=O)CC1CCCN1)c1cccc(F)c1. The van der Waals surface area contributed by atoms with Crippen molar-refractivity contribution in [2.75, 3.05) is 12.3 Å². The second-order valence-electron chi connectivity index (χ2n) is 4.97. The van der Waals surface area contributed by atoms with Crippen LogP contribution < -0.4 is 10.0 Å². The Bertz CT molecular complexity index is 527. The normalized spacial score (nSPS) is 21.5. The largest absolute Gasteiger partial charge is 0.313 e. The van der Waals surface area contributed by atoms with Gasteiger partial charge in [-0.15, -0.1) is 0 Å². The summed E-state index contributed by atoms with van der Waals surface area (Å²) in [5, 5.41) is 3.16. The number of sulfonamides is 1. The number of nitrogens with one attached hydrogen (secondary N) is 2. The third-order valence-corrected chi connectivity index (χ3v) is 4.84. The van der Waals surface area contributed by atoms with Crippen molar-refractivity contribution in [3.8, 4) is 0 Å². The van der Waals surface area contributed by atoms with Crippen molar-refractivity contribution in [1.29, 1.82) is 0 Å². The van der Waals surface area contributed by atoms with Crippen LogP contribution in [-0.4, -0.2) is 26.8 Å². The summed E-state index contributed by atoms with van der Waals surface area (Å²) in [6.07, 6.45) is 1.90. The van der Waals surface area contributed by atoms with Gasteiger partial charge in [0.15, 0.2) is 0 Å². The van der Waals surface area contributed by atoms with Gasteiger partial charge in [0.1, 0.15) is 5.82 Å². The zero-order valence-electron chi connectivity index (χ0n) is 10.9. The van der Waals surface area contributed by atoms with Crippen LogP contribution in [0.2, 0.25) is 0 Å². The third kappa shape index (κ3) is 4.26. The highest BCUT2D eigenvalue weighted by molar-refractivity contribution is 7.89. The number of hydrogen-bond acceptors (Lipinski definition) is 3. The molecular weight excluding hydrogens is 267 g/mol. The molecule has 1 aliphatic rings.